The average molecular weight is 390 g/mol. The molecule has 0 saturated carbocycles. The first-order valence-corrected chi connectivity index (χ1v) is 9.44. The van der Waals surface area contributed by atoms with Crippen LogP contribution in [0.1, 0.15) is 31.0 Å². The third-order valence-corrected chi connectivity index (χ3v) is 4.87. The van der Waals surface area contributed by atoms with E-state index in [1.807, 2.05) is 69.3 Å². The van der Waals surface area contributed by atoms with Crippen molar-refractivity contribution in [2.75, 3.05) is 17.2 Å². The molecule has 0 saturated heterocycles. The molecule has 0 spiro atoms. The van der Waals surface area contributed by atoms with Gasteiger partial charge in [0.15, 0.2) is 0 Å². The van der Waals surface area contributed by atoms with E-state index in [0.29, 0.717) is 29.6 Å². The van der Waals surface area contributed by atoms with Gasteiger partial charge in [0, 0.05) is 16.9 Å². The topological polar surface area (TPSA) is 94.0 Å². The van der Waals surface area contributed by atoms with Crippen LogP contribution in [0.5, 0.6) is 5.75 Å². The Morgan fingerprint density at radius 3 is 2.72 bits per heavy atom. The van der Waals surface area contributed by atoms with Crippen LogP contribution in [0.25, 0.3) is 0 Å². The molecule has 0 radical (unpaired) electrons. The lowest BCUT2D eigenvalue weighted by Gasteiger charge is -2.29. The van der Waals surface area contributed by atoms with E-state index in [1.54, 1.807) is 4.68 Å². The number of rotatable bonds is 5. The van der Waals surface area contributed by atoms with E-state index in [0.717, 1.165) is 16.8 Å². The largest absolute Gasteiger partial charge is 0.494 e. The molecule has 4 rings (SSSR count). The first kappa shape index (κ1) is 18.7. The fraction of sp³-hybridized carbons (Fsp3) is 0.238. The number of para-hydroxylation sites is 2. The summed E-state index contributed by atoms with van der Waals surface area (Å²) in [6.07, 6.45) is 0. The van der Waals surface area contributed by atoms with Crippen LogP contribution in [-0.4, -0.2) is 32.7 Å². The number of ether oxygens (including phenoxy) is 1. The van der Waals surface area contributed by atoms with Crippen molar-refractivity contribution in [1.82, 2.24) is 20.2 Å². The van der Waals surface area contributed by atoms with Gasteiger partial charge in [-0.2, -0.15) is 4.68 Å². The zero-order chi connectivity index (χ0) is 20.4. The standard InChI is InChI=1S/C21H22N6O2/c1-4-29-17-12-8-6-10-15(17)19-18(14(3)22-21-24-25-26-27(19)21)20(28)23-16-11-7-5-9-13(16)2/h5-12,19H,4H2,1-3H3,(H,23,28)(H,22,24,26)/t19-/m0/s1. The van der Waals surface area contributed by atoms with E-state index < -0.39 is 6.04 Å². The lowest BCUT2D eigenvalue weighted by atomic mass is 9.94. The number of nitrogens with one attached hydrogen (secondary N) is 2. The predicted molar refractivity (Wildman–Crippen MR) is 110 cm³/mol. The minimum Gasteiger partial charge on any atom is -0.494 e. The lowest BCUT2D eigenvalue weighted by molar-refractivity contribution is -0.113. The molecule has 3 aromatic rings. The Kier molecular flexibility index (Phi) is 4.99. The number of aryl methyl sites for hydroxylation is 1. The maximum atomic E-state index is 13.4. The van der Waals surface area contributed by atoms with Crippen LogP contribution in [0.15, 0.2) is 59.8 Å². The third-order valence-electron chi connectivity index (χ3n) is 4.87. The second kappa shape index (κ2) is 7.75. The van der Waals surface area contributed by atoms with E-state index in [-0.39, 0.29) is 5.91 Å². The van der Waals surface area contributed by atoms with Crippen LogP contribution < -0.4 is 15.4 Å². The van der Waals surface area contributed by atoms with Crippen LogP contribution in [-0.2, 0) is 4.79 Å². The minimum atomic E-state index is -0.520. The number of carbonyl (C=O) groups is 1. The van der Waals surface area contributed by atoms with E-state index in [1.165, 1.54) is 0 Å². The van der Waals surface area contributed by atoms with Gasteiger partial charge in [-0.05, 0) is 48.9 Å². The van der Waals surface area contributed by atoms with Gasteiger partial charge in [0.1, 0.15) is 11.8 Å². The monoisotopic (exact) mass is 390 g/mol. The first-order valence-electron chi connectivity index (χ1n) is 9.44. The van der Waals surface area contributed by atoms with Gasteiger partial charge in [-0.25, -0.2) is 0 Å². The van der Waals surface area contributed by atoms with E-state index in [9.17, 15) is 4.79 Å². The number of amides is 1. The molecule has 1 amide bonds. The number of aromatic nitrogens is 4. The molecule has 2 heterocycles. The number of carbonyl (C=O) groups excluding carboxylic acids is 1. The number of hydrogen-bond donors (Lipinski definition) is 2. The van der Waals surface area contributed by atoms with Crippen molar-refractivity contribution in [1.29, 1.82) is 0 Å². The molecule has 0 bridgehead atoms. The van der Waals surface area contributed by atoms with E-state index in [2.05, 4.69) is 26.2 Å². The van der Waals surface area contributed by atoms with Crippen molar-refractivity contribution in [3.63, 3.8) is 0 Å². The molecule has 0 aliphatic carbocycles. The summed E-state index contributed by atoms with van der Waals surface area (Å²) in [5, 5.41) is 18.1. The number of fused-ring (bicyclic) bond motifs is 1. The van der Waals surface area contributed by atoms with Crippen molar-refractivity contribution in [2.45, 2.75) is 26.8 Å². The summed E-state index contributed by atoms with van der Waals surface area (Å²) in [5.41, 5.74) is 3.78. The molecule has 148 valence electrons. The highest BCUT2D eigenvalue weighted by Gasteiger charge is 2.35. The summed E-state index contributed by atoms with van der Waals surface area (Å²) in [4.78, 5) is 13.4. The Bertz CT molecular complexity index is 1090. The van der Waals surface area contributed by atoms with Crippen molar-refractivity contribution in [2.24, 2.45) is 0 Å². The van der Waals surface area contributed by atoms with Gasteiger partial charge >= 0.3 is 0 Å². The molecule has 8 heteroatoms. The van der Waals surface area contributed by atoms with Crippen LogP contribution in [0.3, 0.4) is 0 Å². The van der Waals surface area contributed by atoms with Crippen molar-refractivity contribution >= 4 is 17.5 Å². The summed E-state index contributed by atoms with van der Waals surface area (Å²) in [5.74, 6) is 0.949. The fourth-order valence-electron chi connectivity index (χ4n) is 3.49. The van der Waals surface area contributed by atoms with Gasteiger partial charge in [-0.3, -0.25) is 4.79 Å². The van der Waals surface area contributed by atoms with Crippen LogP contribution in [0, 0.1) is 6.92 Å². The molecular formula is C21H22N6O2. The van der Waals surface area contributed by atoms with E-state index >= 15 is 0 Å². The Morgan fingerprint density at radius 1 is 1.17 bits per heavy atom. The molecule has 2 N–H and O–H groups in total. The number of tetrazole rings is 1. The van der Waals surface area contributed by atoms with Crippen LogP contribution in [0.2, 0.25) is 0 Å². The van der Waals surface area contributed by atoms with Crippen molar-refractivity contribution in [3.8, 4) is 5.75 Å². The summed E-state index contributed by atoms with van der Waals surface area (Å²) >= 11 is 0. The molecule has 1 aromatic heterocycles. The Hall–Kier alpha value is -3.68. The number of nitrogens with zero attached hydrogens (tertiary/aromatic N) is 4. The Labute approximate surface area is 168 Å². The molecule has 1 aliphatic rings. The highest BCUT2D eigenvalue weighted by molar-refractivity contribution is 6.06. The van der Waals surface area contributed by atoms with Crippen molar-refractivity contribution in [3.05, 3.63) is 70.9 Å². The fourth-order valence-corrected chi connectivity index (χ4v) is 3.49. The third kappa shape index (κ3) is 3.44. The van der Waals surface area contributed by atoms with Gasteiger partial charge in [0.25, 0.3) is 5.91 Å². The maximum absolute atomic E-state index is 13.4. The average Bonchev–Trinajstić information content (AvgIpc) is 3.17. The van der Waals surface area contributed by atoms with Crippen molar-refractivity contribution < 1.29 is 9.53 Å². The lowest BCUT2D eigenvalue weighted by Crippen LogP contribution is -2.32. The molecule has 0 fully saturated rings. The first-order chi connectivity index (χ1) is 14.1. The second-order valence-electron chi connectivity index (χ2n) is 6.75. The van der Waals surface area contributed by atoms with Gasteiger partial charge in [-0.15, -0.1) is 0 Å². The summed E-state index contributed by atoms with van der Waals surface area (Å²) in [6.45, 7) is 6.24. The second-order valence-corrected chi connectivity index (χ2v) is 6.75. The SMILES string of the molecule is CCOc1ccccc1[C@H]1C(C(=O)Nc2ccccc2C)=C(C)Nc2nnnn21. The molecular weight excluding hydrogens is 368 g/mol. The number of benzene rings is 2. The molecule has 2 aromatic carbocycles. The molecule has 8 nitrogen and oxygen atoms in total. The highest BCUT2D eigenvalue weighted by atomic mass is 16.5. The Balaban J connectivity index is 1.81. The predicted octanol–water partition coefficient (Wildman–Crippen LogP) is 3.31. The summed E-state index contributed by atoms with van der Waals surface area (Å²) < 4.78 is 7.43. The number of anilines is 2. The quantitative estimate of drug-likeness (QED) is 0.694. The summed E-state index contributed by atoms with van der Waals surface area (Å²) in [7, 11) is 0. The van der Waals surface area contributed by atoms with Gasteiger partial charge in [0.2, 0.25) is 5.95 Å². The smallest absolute Gasteiger partial charge is 0.255 e. The number of allylic oxidation sites excluding steroid dienone is 1. The van der Waals surface area contributed by atoms with E-state index in [4.69, 9.17) is 4.74 Å². The summed E-state index contributed by atoms with van der Waals surface area (Å²) in [6, 6.07) is 14.8. The Morgan fingerprint density at radius 2 is 1.93 bits per heavy atom. The van der Waals surface area contributed by atoms with Crippen LogP contribution in [0.4, 0.5) is 11.6 Å². The minimum absolute atomic E-state index is 0.221. The zero-order valence-electron chi connectivity index (χ0n) is 16.5. The molecule has 1 aliphatic heterocycles. The highest BCUT2D eigenvalue weighted by Crippen LogP contribution is 2.38. The molecule has 0 unspecified atom stereocenters. The maximum Gasteiger partial charge on any atom is 0.255 e. The van der Waals surface area contributed by atoms with Crippen LogP contribution >= 0.6 is 0 Å². The van der Waals surface area contributed by atoms with Gasteiger partial charge in [0.05, 0.1) is 12.2 Å². The van der Waals surface area contributed by atoms with Gasteiger partial charge < -0.3 is 15.4 Å². The number of hydrogen-bond acceptors (Lipinski definition) is 6. The zero-order valence-corrected chi connectivity index (χ0v) is 16.5. The molecule has 1 atom stereocenters. The molecule has 29 heavy (non-hydrogen) atoms. The normalized spacial score (nSPS) is 15.5. The van der Waals surface area contributed by atoms with Gasteiger partial charge in [-0.1, -0.05) is 41.5 Å².